The van der Waals surface area contributed by atoms with Crippen LogP contribution in [0.25, 0.3) is 0 Å². The van der Waals surface area contributed by atoms with Gasteiger partial charge in [-0.15, -0.1) is 0 Å². The third-order valence-electron chi connectivity index (χ3n) is 5.08. The number of fused-ring (bicyclic) bond motifs is 2. The van der Waals surface area contributed by atoms with E-state index in [1.807, 2.05) is 41.3 Å². The second-order valence-corrected chi connectivity index (χ2v) is 6.51. The van der Waals surface area contributed by atoms with Gasteiger partial charge in [-0.3, -0.25) is 4.79 Å². The van der Waals surface area contributed by atoms with Crippen molar-refractivity contribution in [3.63, 3.8) is 0 Å². The second kappa shape index (κ2) is 6.04. The topological polar surface area (TPSA) is 38.8 Å². The summed E-state index contributed by atoms with van der Waals surface area (Å²) in [6.45, 7) is 2.41. The van der Waals surface area contributed by atoms with Crippen LogP contribution in [0.2, 0.25) is 0 Å². The van der Waals surface area contributed by atoms with Gasteiger partial charge in [0.25, 0.3) is 5.91 Å². The number of nitrogens with zero attached hydrogens (tertiary/aromatic N) is 1. The van der Waals surface area contributed by atoms with E-state index < -0.39 is 0 Å². The van der Waals surface area contributed by atoms with Gasteiger partial charge >= 0.3 is 0 Å². The van der Waals surface area contributed by atoms with E-state index in [2.05, 4.69) is 12.1 Å². The molecule has 2 aromatic rings. The zero-order chi connectivity index (χ0) is 16.6. The fourth-order valence-electron chi connectivity index (χ4n) is 3.86. The number of ether oxygens (including phenoxy) is 2. The number of methoxy groups -OCH3 is 1. The number of amides is 1. The minimum Gasteiger partial charge on any atom is -0.380 e. The van der Waals surface area contributed by atoms with Crippen molar-refractivity contribution in [3.05, 3.63) is 70.8 Å². The Morgan fingerprint density at radius 1 is 1.21 bits per heavy atom. The first kappa shape index (κ1) is 15.4. The van der Waals surface area contributed by atoms with Crippen LogP contribution in [0.3, 0.4) is 0 Å². The molecule has 0 N–H and O–H groups in total. The van der Waals surface area contributed by atoms with E-state index in [4.69, 9.17) is 9.47 Å². The average Bonchev–Trinajstić information content (AvgIpc) is 3.21. The van der Waals surface area contributed by atoms with E-state index in [0.717, 1.165) is 17.5 Å². The van der Waals surface area contributed by atoms with Crippen LogP contribution in [0.4, 0.5) is 0 Å². The van der Waals surface area contributed by atoms with Crippen molar-refractivity contribution in [3.8, 4) is 0 Å². The van der Waals surface area contributed by atoms with E-state index in [1.165, 1.54) is 11.1 Å². The maximum Gasteiger partial charge on any atom is 0.254 e. The average molecular weight is 323 g/mol. The molecule has 0 saturated carbocycles. The Labute approximate surface area is 142 Å². The Kier molecular flexibility index (Phi) is 3.87. The number of likely N-dealkylation sites (tertiary alicyclic amines) is 1. The number of benzene rings is 2. The smallest absolute Gasteiger partial charge is 0.254 e. The highest BCUT2D eigenvalue weighted by Gasteiger charge is 2.46. The summed E-state index contributed by atoms with van der Waals surface area (Å²) in [5.74, 6) is 0.0625. The summed E-state index contributed by atoms with van der Waals surface area (Å²) in [7, 11) is 1.65. The van der Waals surface area contributed by atoms with Crippen LogP contribution in [0, 0.1) is 0 Å². The van der Waals surface area contributed by atoms with Gasteiger partial charge in [0.05, 0.1) is 19.8 Å². The molecule has 0 aliphatic carbocycles. The molecule has 2 aliphatic heterocycles. The summed E-state index contributed by atoms with van der Waals surface area (Å²) >= 11 is 0. The van der Waals surface area contributed by atoms with Gasteiger partial charge in [0, 0.05) is 19.2 Å². The van der Waals surface area contributed by atoms with Gasteiger partial charge in [-0.25, -0.2) is 0 Å². The van der Waals surface area contributed by atoms with Crippen molar-refractivity contribution in [2.24, 2.45) is 0 Å². The third kappa shape index (κ3) is 2.43. The molecule has 0 radical (unpaired) electrons. The third-order valence-corrected chi connectivity index (χ3v) is 5.08. The molecule has 124 valence electrons. The van der Waals surface area contributed by atoms with E-state index in [0.29, 0.717) is 26.3 Å². The van der Waals surface area contributed by atoms with Gasteiger partial charge in [-0.05, 0) is 29.2 Å². The van der Waals surface area contributed by atoms with E-state index in [1.54, 1.807) is 7.11 Å². The monoisotopic (exact) mass is 323 g/mol. The Bertz CT molecular complexity index is 773. The first-order valence-corrected chi connectivity index (χ1v) is 8.32. The molecule has 4 heteroatoms. The first-order valence-electron chi connectivity index (χ1n) is 8.32. The van der Waals surface area contributed by atoms with E-state index in [-0.39, 0.29) is 11.5 Å². The maximum atomic E-state index is 13.0. The summed E-state index contributed by atoms with van der Waals surface area (Å²) in [4.78, 5) is 14.9. The number of carbonyl (C=O) groups excluding carboxylic acids is 1. The molecule has 1 atom stereocenters. The molecule has 1 saturated heterocycles. The lowest BCUT2D eigenvalue weighted by Gasteiger charge is -2.25. The van der Waals surface area contributed by atoms with Crippen LogP contribution >= 0.6 is 0 Å². The summed E-state index contributed by atoms with van der Waals surface area (Å²) in [6.07, 6.45) is 0.849. The largest absolute Gasteiger partial charge is 0.380 e. The van der Waals surface area contributed by atoms with Crippen molar-refractivity contribution in [2.45, 2.75) is 25.2 Å². The normalized spacial score (nSPS) is 22.1. The van der Waals surface area contributed by atoms with Crippen molar-refractivity contribution in [2.75, 3.05) is 20.2 Å². The minimum atomic E-state index is -0.331. The molecule has 2 aliphatic rings. The molecule has 4 nitrogen and oxygen atoms in total. The fourth-order valence-corrected chi connectivity index (χ4v) is 3.86. The molecular formula is C20H21NO3. The number of hydrogen-bond donors (Lipinski definition) is 0. The predicted molar refractivity (Wildman–Crippen MR) is 90.6 cm³/mol. The van der Waals surface area contributed by atoms with Crippen LogP contribution < -0.4 is 0 Å². The SMILES string of the molecule is COCc1ccccc1C(=O)N1CCC2(C1)OCc1ccccc12. The highest BCUT2D eigenvalue weighted by molar-refractivity contribution is 5.96. The lowest BCUT2D eigenvalue weighted by Crippen LogP contribution is -2.34. The van der Waals surface area contributed by atoms with Gasteiger partial charge in [0.2, 0.25) is 0 Å². The van der Waals surface area contributed by atoms with Gasteiger partial charge in [-0.1, -0.05) is 42.5 Å². The molecule has 0 aromatic heterocycles. The second-order valence-electron chi connectivity index (χ2n) is 6.51. The Balaban J connectivity index is 1.59. The maximum absolute atomic E-state index is 13.0. The summed E-state index contributed by atoms with van der Waals surface area (Å²) in [5.41, 5.74) is 3.81. The van der Waals surface area contributed by atoms with E-state index >= 15 is 0 Å². The van der Waals surface area contributed by atoms with Crippen molar-refractivity contribution in [1.82, 2.24) is 4.90 Å². The lowest BCUT2D eigenvalue weighted by molar-refractivity contribution is -0.0283. The predicted octanol–water partition coefficient (Wildman–Crippen LogP) is 3.10. The molecule has 0 bridgehead atoms. The Morgan fingerprint density at radius 2 is 2.00 bits per heavy atom. The standard InChI is InChI=1S/C20H21NO3/c1-23-12-15-6-2-4-8-17(15)19(22)21-11-10-20(14-21)18-9-5-3-7-16(18)13-24-20/h2-9H,10-14H2,1H3. The first-order chi connectivity index (χ1) is 11.7. The molecule has 2 heterocycles. The molecule has 1 amide bonds. The van der Waals surface area contributed by atoms with Crippen LogP contribution in [0.5, 0.6) is 0 Å². The highest BCUT2D eigenvalue weighted by atomic mass is 16.5. The number of rotatable bonds is 3. The molecule has 1 unspecified atom stereocenters. The van der Waals surface area contributed by atoms with Gasteiger partial charge < -0.3 is 14.4 Å². The van der Waals surface area contributed by atoms with Crippen LogP contribution in [0.1, 0.15) is 33.5 Å². The fraction of sp³-hybridized carbons (Fsp3) is 0.350. The summed E-state index contributed by atoms with van der Waals surface area (Å²) in [5, 5.41) is 0. The zero-order valence-electron chi connectivity index (χ0n) is 13.8. The number of hydrogen-bond acceptors (Lipinski definition) is 3. The van der Waals surface area contributed by atoms with Gasteiger partial charge in [0.1, 0.15) is 5.60 Å². The lowest BCUT2D eigenvalue weighted by atomic mass is 9.92. The van der Waals surface area contributed by atoms with Crippen LogP contribution in [-0.2, 0) is 28.3 Å². The van der Waals surface area contributed by atoms with Crippen molar-refractivity contribution >= 4 is 5.91 Å². The van der Waals surface area contributed by atoms with Gasteiger partial charge in [-0.2, -0.15) is 0 Å². The Morgan fingerprint density at radius 3 is 2.88 bits per heavy atom. The van der Waals surface area contributed by atoms with Gasteiger partial charge in [0.15, 0.2) is 0 Å². The molecule has 2 aromatic carbocycles. The molecule has 24 heavy (non-hydrogen) atoms. The highest BCUT2D eigenvalue weighted by Crippen LogP contribution is 2.43. The molecular weight excluding hydrogens is 302 g/mol. The van der Waals surface area contributed by atoms with Crippen LogP contribution in [-0.4, -0.2) is 31.0 Å². The summed E-state index contributed by atoms with van der Waals surface area (Å²) in [6, 6.07) is 16.0. The van der Waals surface area contributed by atoms with Crippen LogP contribution in [0.15, 0.2) is 48.5 Å². The minimum absolute atomic E-state index is 0.0625. The quantitative estimate of drug-likeness (QED) is 0.871. The summed E-state index contributed by atoms with van der Waals surface area (Å²) < 4.78 is 11.4. The van der Waals surface area contributed by atoms with Crippen molar-refractivity contribution < 1.29 is 14.3 Å². The Hall–Kier alpha value is -2.17. The number of carbonyl (C=O) groups is 1. The zero-order valence-corrected chi connectivity index (χ0v) is 13.8. The molecule has 1 spiro atoms. The van der Waals surface area contributed by atoms with E-state index in [9.17, 15) is 4.79 Å². The molecule has 1 fully saturated rings. The van der Waals surface area contributed by atoms with Crippen molar-refractivity contribution in [1.29, 1.82) is 0 Å². The molecule has 4 rings (SSSR count).